The molecule has 1 heterocycles. The number of methoxy groups -OCH3 is 1. The monoisotopic (exact) mass is 363 g/mol. The average Bonchev–Trinajstić information content (AvgIpc) is 2.90. The van der Waals surface area contributed by atoms with E-state index in [0.717, 1.165) is 18.5 Å². The molecule has 3 rings (SSSR count). The molecule has 1 aromatic heterocycles. The molecular formula is C17H21N3O2S2. The number of para-hydroxylation sites is 2. The molecule has 0 unspecified atom stereocenters. The van der Waals surface area contributed by atoms with E-state index in [1.165, 1.54) is 30.6 Å². The lowest BCUT2D eigenvalue weighted by molar-refractivity contribution is 0.0932. The first-order chi connectivity index (χ1) is 11.6. The van der Waals surface area contributed by atoms with Crippen LogP contribution in [0.3, 0.4) is 0 Å². The van der Waals surface area contributed by atoms with Gasteiger partial charge in [-0.05, 0) is 37.2 Å². The van der Waals surface area contributed by atoms with Crippen molar-refractivity contribution >= 4 is 35.3 Å². The van der Waals surface area contributed by atoms with Gasteiger partial charge in [0.1, 0.15) is 16.4 Å². The number of rotatable bonds is 4. The van der Waals surface area contributed by atoms with Crippen molar-refractivity contribution in [2.24, 2.45) is 0 Å². The van der Waals surface area contributed by atoms with Crippen LogP contribution < -0.4 is 15.8 Å². The Morgan fingerprint density at radius 3 is 2.75 bits per heavy atom. The number of carbonyl (C=O) groups is 1. The molecule has 0 atom stereocenters. The number of ether oxygens (including phenoxy) is 1. The van der Waals surface area contributed by atoms with Gasteiger partial charge in [0.15, 0.2) is 3.95 Å². The van der Waals surface area contributed by atoms with Gasteiger partial charge < -0.3 is 15.8 Å². The van der Waals surface area contributed by atoms with Crippen LogP contribution in [-0.2, 0) is 0 Å². The average molecular weight is 364 g/mol. The summed E-state index contributed by atoms with van der Waals surface area (Å²) in [5, 5.41) is 3.10. The fourth-order valence-electron chi connectivity index (χ4n) is 3.09. The number of aromatic nitrogens is 1. The van der Waals surface area contributed by atoms with Gasteiger partial charge >= 0.3 is 0 Å². The molecule has 1 saturated carbocycles. The van der Waals surface area contributed by atoms with E-state index in [9.17, 15) is 4.79 Å². The van der Waals surface area contributed by atoms with Gasteiger partial charge in [0, 0.05) is 6.04 Å². The lowest BCUT2D eigenvalue weighted by Gasteiger charge is -2.22. The highest BCUT2D eigenvalue weighted by Crippen LogP contribution is 2.31. The Labute approximate surface area is 150 Å². The number of nitrogens with zero attached hydrogens (tertiary/aromatic N) is 1. The Bertz CT molecular complexity index is 791. The fourth-order valence-corrected chi connectivity index (χ4v) is 4.35. The van der Waals surface area contributed by atoms with E-state index >= 15 is 0 Å². The van der Waals surface area contributed by atoms with Crippen molar-refractivity contribution in [3.8, 4) is 11.4 Å². The Hall–Kier alpha value is -1.86. The summed E-state index contributed by atoms with van der Waals surface area (Å²) in [6.07, 6.45) is 5.64. The van der Waals surface area contributed by atoms with Crippen LogP contribution in [0, 0.1) is 3.95 Å². The zero-order valence-electron chi connectivity index (χ0n) is 13.6. The number of anilines is 1. The number of hydrogen-bond acceptors (Lipinski definition) is 5. The quantitative estimate of drug-likeness (QED) is 0.808. The Morgan fingerprint density at radius 2 is 2.04 bits per heavy atom. The highest BCUT2D eigenvalue weighted by Gasteiger charge is 2.22. The number of nitrogens with two attached hydrogens (primary N) is 1. The van der Waals surface area contributed by atoms with Crippen LogP contribution in [-0.4, -0.2) is 23.6 Å². The van der Waals surface area contributed by atoms with Crippen LogP contribution >= 0.6 is 23.6 Å². The van der Waals surface area contributed by atoms with Gasteiger partial charge in [0.2, 0.25) is 0 Å². The van der Waals surface area contributed by atoms with Gasteiger partial charge in [0.05, 0.1) is 12.8 Å². The van der Waals surface area contributed by atoms with Gasteiger partial charge in [-0.3, -0.25) is 9.36 Å². The molecule has 1 aromatic carbocycles. The minimum absolute atomic E-state index is 0.135. The van der Waals surface area contributed by atoms with Gasteiger partial charge in [-0.1, -0.05) is 42.7 Å². The maximum absolute atomic E-state index is 12.6. The first-order valence-corrected chi connectivity index (χ1v) is 9.30. The molecule has 0 aliphatic heterocycles. The topological polar surface area (TPSA) is 69.3 Å². The van der Waals surface area contributed by atoms with Crippen LogP contribution in [0.15, 0.2) is 24.3 Å². The predicted molar refractivity (Wildman–Crippen MR) is 99.8 cm³/mol. The van der Waals surface area contributed by atoms with Crippen LogP contribution in [0.5, 0.6) is 5.75 Å². The predicted octanol–water partition coefficient (Wildman–Crippen LogP) is 3.92. The summed E-state index contributed by atoms with van der Waals surface area (Å²) in [6.45, 7) is 0. The Morgan fingerprint density at radius 1 is 1.33 bits per heavy atom. The summed E-state index contributed by atoms with van der Waals surface area (Å²) in [6, 6.07) is 7.72. The second-order valence-electron chi connectivity index (χ2n) is 5.90. The second-order valence-corrected chi connectivity index (χ2v) is 7.54. The number of nitrogen functional groups attached to an aromatic ring is 1. The van der Waals surface area contributed by atoms with Crippen LogP contribution in [0.1, 0.15) is 41.8 Å². The first kappa shape index (κ1) is 17.0. The van der Waals surface area contributed by atoms with Crippen LogP contribution in [0.25, 0.3) is 5.69 Å². The maximum Gasteiger partial charge on any atom is 0.265 e. The molecule has 1 aliphatic carbocycles. The number of nitrogens with one attached hydrogen (secondary N) is 1. The van der Waals surface area contributed by atoms with Crippen molar-refractivity contribution in [2.45, 2.75) is 38.1 Å². The number of amides is 1. The SMILES string of the molecule is COc1ccccc1-n1c(N)c(C(=O)NC2CCCCC2)sc1=S. The van der Waals surface area contributed by atoms with E-state index in [1.807, 2.05) is 24.3 Å². The van der Waals surface area contributed by atoms with Gasteiger partial charge in [-0.2, -0.15) is 0 Å². The van der Waals surface area contributed by atoms with Crippen molar-refractivity contribution in [3.05, 3.63) is 33.1 Å². The van der Waals surface area contributed by atoms with Crippen molar-refractivity contribution < 1.29 is 9.53 Å². The summed E-state index contributed by atoms with van der Waals surface area (Å²) < 4.78 is 7.62. The Kier molecular flexibility index (Phi) is 5.20. The van der Waals surface area contributed by atoms with E-state index < -0.39 is 0 Å². The molecule has 1 aliphatic rings. The number of benzene rings is 1. The van der Waals surface area contributed by atoms with E-state index in [2.05, 4.69) is 5.32 Å². The highest BCUT2D eigenvalue weighted by molar-refractivity contribution is 7.73. The summed E-state index contributed by atoms with van der Waals surface area (Å²) in [5.74, 6) is 0.893. The van der Waals surface area contributed by atoms with Gasteiger partial charge in [0.25, 0.3) is 5.91 Å². The summed E-state index contributed by atoms with van der Waals surface area (Å²) >= 11 is 6.68. The number of thiazole rings is 1. The third kappa shape index (κ3) is 3.32. The molecule has 0 bridgehead atoms. The normalized spacial score (nSPS) is 15.2. The fraction of sp³-hybridized carbons (Fsp3) is 0.412. The smallest absolute Gasteiger partial charge is 0.265 e. The standard InChI is InChI=1S/C17H21N3O2S2/c1-22-13-10-6-5-9-12(13)20-15(18)14(24-17(20)23)16(21)19-11-7-3-2-4-8-11/h5-6,9-11H,2-4,7-8,18H2,1H3,(H,19,21). The van der Waals surface area contributed by atoms with Crippen molar-refractivity contribution in [1.82, 2.24) is 9.88 Å². The summed E-state index contributed by atoms with van der Waals surface area (Å²) in [4.78, 5) is 13.1. The molecule has 1 fully saturated rings. The van der Waals surface area contributed by atoms with Crippen LogP contribution in [0.2, 0.25) is 0 Å². The van der Waals surface area contributed by atoms with Gasteiger partial charge in [-0.25, -0.2) is 0 Å². The maximum atomic E-state index is 12.6. The lowest BCUT2D eigenvalue weighted by atomic mass is 9.95. The van der Waals surface area contributed by atoms with Crippen molar-refractivity contribution in [3.63, 3.8) is 0 Å². The molecule has 0 radical (unpaired) electrons. The molecule has 128 valence electrons. The number of carbonyl (C=O) groups excluding carboxylic acids is 1. The van der Waals surface area contributed by atoms with E-state index in [-0.39, 0.29) is 11.9 Å². The highest BCUT2D eigenvalue weighted by atomic mass is 32.1. The molecule has 7 heteroatoms. The zero-order valence-corrected chi connectivity index (χ0v) is 15.2. The molecule has 5 nitrogen and oxygen atoms in total. The second kappa shape index (κ2) is 7.36. The van der Waals surface area contributed by atoms with Crippen LogP contribution in [0.4, 0.5) is 5.82 Å². The van der Waals surface area contributed by atoms with Crippen molar-refractivity contribution in [2.75, 3.05) is 12.8 Å². The summed E-state index contributed by atoms with van der Waals surface area (Å²) in [5.41, 5.74) is 7.00. The lowest BCUT2D eigenvalue weighted by Crippen LogP contribution is -2.36. The molecular weight excluding hydrogens is 342 g/mol. The minimum Gasteiger partial charge on any atom is -0.495 e. The molecule has 0 saturated heterocycles. The van der Waals surface area contributed by atoms with E-state index in [1.54, 1.807) is 11.7 Å². The molecule has 1 amide bonds. The van der Waals surface area contributed by atoms with Crippen molar-refractivity contribution in [1.29, 1.82) is 0 Å². The largest absolute Gasteiger partial charge is 0.495 e. The van der Waals surface area contributed by atoms with E-state index in [0.29, 0.717) is 20.4 Å². The number of hydrogen-bond donors (Lipinski definition) is 2. The molecule has 24 heavy (non-hydrogen) atoms. The molecule has 0 spiro atoms. The third-order valence-electron chi connectivity index (χ3n) is 4.32. The summed E-state index contributed by atoms with van der Waals surface area (Å²) in [7, 11) is 1.60. The molecule has 2 aromatic rings. The van der Waals surface area contributed by atoms with E-state index in [4.69, 9.17) is 22.7 Å². The minimum atomic E-state index is -0.135. The zero-order chi connectivity index (χ0) is 17.1. The van der Waals surface area contributed by atoms with Gasteiger partial charge in [-0.15, -0.1) is 0 Å². The Balaban J connectivity index is 1.91. The molecule has 3 N–H and O–H groups in total. The third-order valence-corrected chi connectivity index (χ3v) is 5.71. The first-order valence-electron chi connectivity index (χ1n) is 8.07.